The quantitative estimate of drug-likeness (QED) is 0.770. The van der Waals surface area contributed by atoms with Crippen molar-refractivity contribution < 1.29 is 13.2 Å². The summed E-state index contributed by atoms with van der Waals surface area (Å²) in [6, 6.07) is 11.4. The normalized spacial score (nSPS) is 14.8. The Labute approximate surface area is 152 Å². The molecular formula is C19H21NO3S2. The molecule has 1 aliphatic rings. The van der Waals surface area contributed by atoms with Crippen molar-refractivity contribution in [1.82, 2.24) is 5.32 Å². The summed E-state index contributed by atoms with van der Waals surface area (Å²) in [7, 11) is -3.56. The number of nitrogens with one attached hydrogen (secondary N) is 1. The topological polar surface area (TPSA) is 63.2 Å². The second kappa shape index (κ2) is 7.97. The molecule has 0 spiro atoms. The van der Waals surface area contributed by atoms with Crippen LogP contribution in [0.25, 0.3) is 0 Å². The van der Waals surface area contributed by atoms with Gasteiger partial charge in [-0.3, -0.25) is 4.79 Å². The summed E-state index contributed by atoms with van der Waals surface area (Å²) in [5, 5.41) is 2.89. The third-order valence-corrected chi connectivity index (χ3v) is 7.59. The first-order valence-electron chi connectivity index (χ1n) is 8.43. The molecule has 0 saturated heterocycles. The van der Waals surface area contributed by atoms with E-state index in [0.29, 0.717) is 11.4 Å². The summed E-state index contributed by atoms with van der Waals surface area (Å²) in [5.74, 6) is -0.212. The first-order chi connectivity index (χ1) is 12.1. The van der Waals surface area contributed by atoms with Crippen molar-refractivity contribution in [1.29, 1.82) is 0 Å². The van der Waals surface area contributed by atoms with Crippen LogP contribution in [0.5, 0.6) is 0 Å². The third-order valence-electron chi connectivity index (χ3n) is 4.24. The summed E-state index contributed by atoms with van der Waals surface area (Å²) in [6.45, 7) is 0.587. The number of rotatable bonds is 6. The Morgan fingerprint density at radius 1 is 1.08 bits per heavy atom. The van der Waals surface area contributed by atoms with Gasteiger partial charge in [0.05, 0.1) is 9.77 Å². The van der Waals surface area contributed by atoms with Crippen LogP contribution in [0.3, 0.4) is 0 Å². The molecule has 0 fully saturated rings. The zero-order chi connectivity index (χ0) is 17.7. The number of carbonyl (C=O) groups is 1. The molecule has 132 valence electrons. The van der Waals surface area contributed by atoms with Gasteiger partial charge in [-0.1, -0.05) is 29.8 Å². The van der Waals surface area contributed by atoms with Gasteiger partial charge in [0.2, 0.25) is 9.84 Å². The van der Waals surface area contributed by atoms with E-state index in [1.165, 1.54) is 24.5 Å². The smallest absolute Gasteiger partial charge is 0.261 e. The summed E-state index contributed by atoms with van der Waals surface area (Å²) >= 11 is 1.01. The van der Waals surface area contributed by atoms with Gasteiger partial charge in [-0.05, 0) is 56.4 Å². The van der Waals surface area contributed by atoms with Crippen LogP contribution < -0.4 is 5.32 Å². The second-order valence-corrected chi connectivity index (χ2v) is 9.31. The van der Waals surface area contributed by atoms with Crippen LogP contribution in [0.2, 0.25) is 0 Å². The molecular weight excluding hydrogens is 354 g/mol. The third kappa shape index (κ3) is 4.38. The number of hydrogen-bond donors (Lipinski definition) is 1. The molecule has 0 atom stereocenters. The standard InChI is InChI=1S/C19H21NO3S2/c21-19(20-14-13-15-7-3-1-4-8-15)17-11-12-18(24-17)25(22,23)16-9-5-2-6-10-16/h2,5-7,9-12H,1,3-4,8,13-14H2,(H,20,21). The van der Waals surface area contributed by atoms with Crippen molar-refractivity contribution >= 4 is 27.1 Å². The fraction of sp³-hybridized carbons (Fsp3) is 0.316. The van der Waals surface area contributed by atoms with Gasteiger partial charge in [-0.15, -0.1) is 11.3 Å². The molecule has 0 aliphatic heterocycles. The number of sulfone groups is 1. The Hall–Kier alpha value is -1.92. The lowest BCUT2D eigenvalue weighted by Gasteiger charge is -2.12. The number of benzene rings is 1. The van der Waals surface area contributed by atoms with Crippen molar-refractivity contribution in [2.45, 2.75) is 41.2 Å². The Bertz CT molecular complexity index is 867. The zero-order valence-corrected chi connectivity index (χ0v) is 15.5. The molecule has 4 nitrogen and oxygen atoms in total. The molecule has 1 N–H and O–H groups in total. The van der Waals surface area contributed by atoms with E-state index in [1.807, 2.05) is 0 Å². The van der Waals surface area contributed by atoms with Crippen LogP contribution in [-0.4, -0.2) is 20.9 Å². The van der Waals surface area contributed by atoms with Gasteiger partial charge in [0.25, 0.3) is 5.91 Å². The van der Waals surface area contributed by atoms with Crippen LogP contribution in [0.15, 0.2) is 63.2 Å². The van der Waals surface area contributed by atoms with Gasteiger partial charge in [-0.2, -0.15) is 0 Å². The van der Waals surface area contributed by atoms with Crippen molar-refractivity contribution in [2.24, 2.45) is 0 Å². The summed E-state index contributed by atoms with van der Waals surface area (Å²) in [4.78, 5) is 12.9. The predicted molar refractivity (Wildman–Crippen MR) is 99.7 cm³/mol. The lowest BCUT2D eigenvalue weighted by molar-refractivity contribution is 0.0958. The minimum Gasteiger partial charge on any atom is -0.351 e. The van der Waals surface area contributed by atoms with Gasteiger partial charge < -0.3 is 5.32 Å². The van der Waals surface area contributed by atoms with E-state index < -0.39 is 9.84 Å². The molecule has 1 aromatic carbocycles. The lowest BCUT2D eigenvalue weighted by atomic mass is 9.97. The average Bonchev–Trinajstić information content (AvgIpc) is 3.14. The van der Waals surface area contributed by atoms with Gasteiger partial charge in [0.15, 0.2) is 0 Å². The van der Waals surface area contributed by atoms with Crippen molar-refractivity contribution in [3.63, 3.8) is 0 Å². The van der Waals surface area contributed by atoms with Crippen LogP contribution in [0.1, 0.15) is 41.8 Å². The molecule has 1 aliphatic carbocycles. The number of amides is 1. The Kier molecular flexibility index (Phi) is 5.71. The van der Waals surface area contributed by atoms with Gasteiger partial charge in [0, 0.05) is 6.54 Å². The van der Waals surface area contributed by atoms with E-state index in [2.05, 4.69) is 11.4 Å². The van der Waals surface area contributed by atoms with Crippen LogP contribution in [-0.2, 0) is 9.84 Å². The maximum Gasteiger partial charge on any atom is 0.261 e. The zero-order valence-electron chi connectivity index (χ0n) is 13.9. The number of carbonyl (C=O) groups excluding carboxylic acids is 1. The summed E-state index contributed by atoms with van der Waals surface area (Å²) in [6.07, 6.45) is 7.87. The highest BCUT2D eigenvalue weighted by molar-refractivity contribution is 7.93. The van der Waals surface area contributed by atoms with Gasteiger partial charge >= 0.3 is 0 Å². The van der Waals surface area contributed by atoms with Crippen LogP contribution in [0.4, 0.5) is 0 Å². The Morgan fingerprint density at radius 2 is 1.88 bits per heavy atom. The van der Waals surface area contributed by atoms with Crippen LogP contribution >= 0.6 is 11.3 Å². The minimum atomic E-state index is -3.56. The number of hydrogen-bond acceptors (Lipinski definition) is 4. The molecule has 0 saturated carbocycles. The largest absolute Gasteiger partial charge is 0.351 e. The maximum atomic E-state index is 12.6. The minimum absolute atomic E-state index is 0.193. The average molecular weight is 376 g/mol. The molecule has 0 radical (unpaired) electrons. The monoisotopic (exact) mass is 375 g/mol. The summed E-state index contributed by atoms with van der Waals surface area (Å²) < 4.78 is 25.3. The number of allylic oxidation sites excluding steroid dienone is 1. The van der Waals surface area contributed by atoms with Crippen molar-refractivity contribution in [2.75, 3.05) is 6.54 Å². The highest BCUT2D eigenvalue weighted by Gasteiger charge is 2.21. The first kappa shape index (κ1) is 17.9. The first-order valence-corrected chi connectivity index (χ1v) is 10.7. The van der Waals surface area contributed by atoms with Crippen molar-refractivity contribution in [3.05, 3.63) is 59.0 Å². The van der Waals surface area contributed by atoms with E-state index in [0.717, 1.165) is 30.6 Å². The molecule has 3 rings (SSSR count). The lowest BCUT2D eigenvalue weighted by Crippen LogP contribution is -2.24. The van der Waals surface area contributed by atoms with E-state index in [4.69, 9.17) is 0 Å². The summed E-state index contributed by atoms with van der Waals surface area (Å²) in [5.41, 5.74) is 1.41. The molecule has 1 heterocycles. The number of thiophene rings is 1. The van der Waals surface area contributed by atoms with Crippen molar-refractivity contribution in [3.8, 4) is 0 Å². The molecule has 0 bridgehead atoms. The highest BCUT2D eigenvalue weighted by Crippen LogP contribution is 2.27. The van der Waals surface area contributed by atoms with Gasteiger partial charge in [0.1, 0.15) is 4.21 Å². The molecule has 1 aromatic heterocycles. The van der Waals surface area contributed by atoms with E-state index in [-0.39, 0.29) is 15.0 Å². The van der Waals surface area contributed by atoms with Gasteiger partial charge in [-0.25, -0.2) is 8.42 Å². The predicted octanol–water partition coefficient (Wildman–Crippen LogP) is 4.20. The Morgan fingerprint density at radius 3 is 2.60 bits per heavy atom. The molecule has 1 amide bonds. The van der Waals surface area contributed by atoms with E-state index in [9.17, 15) is 13.2 Å². The highest BCUT2D eigenvalue weighted by atomic mass is 32.2. The molecule has 0 unspecified atom stereocenters. The Balaban J connectivity index is 1.62. The van der Waals surface area contributed by atoms with E-state index >= 15 is 0 Å². The van der Waals surface area contributed by atoms with E-state index in [1.54, 1.807) is 36.4 Å². The fourth-order valence-corrected chi connectivity index (χ4v) is 5.50. The second-order valence-electron chi connectivity index (χ2n) is 6.05. The molecule has 6 heteroatoms. The molecule has 25 heavy (non-hydrogen) atoms. The van der Waals surface area contributed by atoms with Crippen LogP contribution in [0, 0.1) is 0 Å². The fourth-order valence-electron chi connectivity index (χ4n) is 2.86. The molecule has 2 aromatic rings. The maximum absolute atomic E-state index is 12.6. The SMILES string of the molecule is O=C(NCCC1=CCCCC1)c1ccc(S(=O)(=O)c2ccccc2)s1.